The van der Waals surface area contributed by atoms with Gasteiger partial charge in [-0.05, 0) is 18.2 Å². The third-order valence-corrected chi connectivity index (χ3v) is 2.46. The highest BCUT2D eigenvalue weighted by Crippen LogP contribution is 2.26. The van der Waals surface area contributed by atoms with Gasteiger partial charge in [0.1, 0.15) is 11.5 Å². The molecule has 0 radical (unpaired) electrons. The molecule has 0 fully saturated rings. The van der Waals surface area contributed by atoms with E-state index < -0.39 is 11.6 Å². The maximum absolute atomic E-state index is 13.4. The summed E-state index contributed by atoms with van der Waals surface area (Å²) in [7, 11) is 0. The lowest BCUT2D eigenvalue weighted by molar-refractivity contribution is 0.576. The smallest absolute Gasteiger partial charge is 0.152 e. The van der Waals surface area contributed by atoms with E-state index >= 15 is 0 Å². The van der Waals surface area contributed by atoms with Crippen molar-refractivity contribution in [2.24, 2.45) is 0 Å². The zero-order chi connectivity index (χ0) is 11.7. The molecule has 0 unspecified atom stereocenters. The van der Waals surface area contributed by atoms with Gasteiger partial charge in [-0.3, -0.25) is 4.98 Å². The Labute approximate surface area is 99.2 Å². The van der Waals surface area contributed by atoms with Gasteiger partial charge in [0.25, 0.3) is 0 Å². The van der Waals surface area contributed by atoms with E-state index in [-0.39, 0.29) is 5.69 Å². The van der Waals surface area contributed by atoms with Crippen LogP contribution in [0.5, 0.6) is 0 Å². The number of nitrogens with two attached hydrogens (primary N) is 1. The molecular formula is C11H7BrF2N2. The summed E-state index contributed by atoms with van der Waals surface area (Å²) in [5.74, 6) is -1.42. The number of aromatic nitrogens is 1. The van der Waals surface area contributed by atoms with Crippen molar-refractivity contribution in [2.45, 2.75) is 0 Å². The van der Waals surface area contributed by atoms with Crippen LogP contribution >= 0.6 is 15.9 Å². The molecule has 2 aromatic rings. The SMILES string of the molecule is Nc1cc(Br)cc(-c2ncc(F)cc2F)c1. The Bertz CT molecular complexity index is 523. The van der Waals surface area contributed by atoms with E-state index in [1.807, 2.05) is 0 Å². The molecule has 0 aliphatic heterocycles. The zero-order valence-corrected chi connectivity index (χ0v) is 9.63. The Kier molecular flexibility index (Phi) is 2.87. The second-order valence-corrected chi connectivity index (χ2v) is 4.17. The molecule has 0 spiro atoms. The van der Waals surface area contributed by atoms with Crippen LogP contribution in [0.4, 0.5) is 14.5 Å². The van der Waals surface area contributed by atoms with E-state index in [4.69, 9.17) is 5.73 Å². The molecule has 0 saturated heterocycles. The first-order valence-electron chi connectivity index (χ1n) is 4.44. The summed E-state index contributed by atoms with van der Waals surface area (Å²) < 4.78 is 26.8. The minimum absolute atomic E-state index is 0.0781. The van der Waals surface area contributed by atoms with Crippen molar-refractivity contribution in [3.63, 3.8) is 0 Å². The van der Waals surface area contributed by atoms with Crippen molar-refractivity contribution < 1.29 is 8.78 Å². The monoisotopic (exact) mass is 284 g/mol. The Hall–Kier alpha value is -1.49. The standard InChI is InChI=1S/C11H7BrF2N2/c12-7-1-6(2-9(15)3-7)11-10(14)4-8(13)5-16-11/h1-5H,15H2. The molecule has 1 aromatic heterocycles. The number of nitrogens with zero attached hydrogens (tertiary/aromatic N) is 1. The van der Waals surface area contributed by atoms with E-state index in [0.29, 0.717) is 15.7 Å². The second-order valence-electron chi connectivity index (χ2n) is 3.26. The van der Waals surface area contributed by atoms with Gasteiger partial charge in [-0.1, -0.05) is 15.9 Å². The lowest BCUT2D eigenvalue weighted by Gasteiger charge is -2.04. The fourth-order valence-corrected chi connectivity index (χ4v) is 1.89. The van der Waals surface area contributed by atoms with E-state index in [1.54, 1.807) is 18.2 Å². The Morgan fingerprint density at radius 1 is 1.12 bits per heavy atom. The average molecular weight is 285 g/mol. The van der Waals surface area contributed by atoms with Gasteiger partial charge in [-0.15, -0.1) is 0 Å². The molecule has 1 aromatic carbocycles. The topological polar surface area (TPSA) is 38.9 Å². The van der Waals surface area contributed by atoms with Crippen molar-refractivity contribution in [1.82, 2.24) is 4.98 Å². The molecule has 2 N–H and O–H groups in total. The summed E-state index contributed by atoms with van der Waals surface area (Å²) >= 11 is 3.24. The van der Waals surface area contributed by atoms with Gasteiger partial charge in [0.15, 0.2) is 5.82 Å². The van der Waals surface area contributed by atoms with E-state index in [2.05, 4.69) is 20.9 Å². The van der Waals surface area contributed by atoms with Crippen LogP contribution in [-0.4, -0.2) is 4.98 Å². The number of hydrogen-bond acceptors (Lipinski definition) is 2. The summed E-state index contributed by atoms with van der Waals surface area (Å²) in [4.78, 5) is 3.70. The van der Waals surface area contributed by atoms with Crippen molar-refractivity contribution in [3.8, 4) is 11.3 Å². The van der Waals surface area contributed by atoms with Crippen LogP contribution in [0.25, 0.3) is 11.3 Å². The maximum Gasteiger partial charge on any atom is 0.152 e. The van der Waals surface area contributed by atoms with Crippen LogP contribution in [-0.2, 0) is 0 Å². The van der Waals surface area contributed by atoms with Crippen molar-refractivity contribution in [3.05, 3.63) is 46.6 Å². The summed E-state index contributed by atoms with van der Waals surface area (Å²) in [5.41, 5.74) is 6.69. The Morgan fingerprint density at radius 2 is 1.88 bits per heavy atom. The van der Waals surface area contributed by atoms with Gasteiger partial charge >= 0.3 is 0 Å². The molecular weight excluding hydrogens is 278 g/mol. The van der Waals surface area contributed by atoms with Gasteiger partial charge in [-0.2, -0.15) is 0 Å². The Balaban J connectivity index is 2.58. The molecule has 0 aliphatic rings. The lowest BCUT2D eigenvalue weighted by Crippen LogP contribution is -1.93. The fourth-order valence-electron chi connectivity index (χ4n) is 1.38. The predicted octanol–water partition coefficient (Wildman–Crippen LogP) is 3.37. The molecule has 0 amide bonds. The quantitative estimate of drug-likeness (QED) is 0.816. The molecule has 0 bridgehead atoms. The largest absolute Gasteiger partial charge is 0.399 e. The molecule has 0 atom stereocenters. The van der Waals surface area contributed by atoms with Crippen LogP contribution in [0, 0.1) is 11.6 Å². The second kappa shape index (κ2) is 4.17. The lowest BCUT2D eigenvalue weighted by atomic mass is 10.1. The molecule has 2 nitrogen and oxygen atoms in total. The number of anilines is 1. The zero-order valence-electron chi connectivity index (χ0n) is 8.05. The van der Waals surface area contributed by atoms with Crippen molar-refractivity contribution >= 4 is 21.6 Å². The number of nitrogen functional groups attached to an aromatic ring is 1. The highest BCUT2D eigenvalue weighted by Gasteiger charge is 2.09. The maximum atomic E-state index is 13.4. The van der Waals surface area contributed by atoms with Crippen LogP contribution in [0.3, 0.4) is 0 Å². The van der Waals surface area contributed by atoms with Gasteiger partial charge in [0, 0.05) is 21.8 Å². The van der Waals surface area contributed by atoms with Crippen LogP contribution < -0.4 is 5.73 Å². The predicted molar refractivity (Wildman–Crippen MR) is 61.7 cm³/mol. The number of hydrogen-bond donors (Lipinski definition) is 1. The first-order valence-corrected chi connectivity index (χ1v) is 5.23. The molecule has 82 valence electrons. The Morgan fingerprint density at radius 3 is 2.50 bits per heavy atom. The summed E-state index contributed by atoms with van der Waals surface area (Å²) in [6, 6.07) is 5.72. The van der Waals surface area contributed by atoms with Gasteiger partial charge in [0.2, 0.25) is 0 Å². The summed E-state index contributed by atoms with van der Waals surface area (Å²) in [5, 5.41) is 0. The fraction of sp³-hybridized carbons (Fsp3) is 0. The highest BCUT2D eigenvalue weighted by atomic mass is 79.9. The van der Waals surface area contributed by atoms with Crippen LogP contribution in [0.1, 0.15) is 0 Å². The number of rotatable bonds is 1. The van der Waals surface area contributed by atoms with Gasteiger partial charge in [-0.25, -0.2) is 8.78 Å². The van der Waals surface area contributed by atoms with Gasteiger partial charge < -0.3 is 5.73 Å². The first-order chi connectivity index (χ1) is 7.56. The summed E-state index contributed by atoms with van der Waals surface area (Å²) in [6.45, 7) is 0. The molecule has 16 heavy (non-hydrogen) atoms. The van der Waals surface area contributed by atoms with Gasteiger partial charge in [0.05, 0.1) is 6.20 Å². The number of benzene rings is 1. The number of pyridine rings is 1. The third kappa shape index (κ3) is 2.19. The number of halogens is 3. The normalized spacial score (nSPS) is 10.4. The van der Waals surface area contributed by atoms with Crippen LogP contribution in [0.15, 0.2) is 34.9 Å². The molecule has 0 saturated carbocycles. The summed E-state index contributed by atoms with van der Waals surface area (Å²) in [6.07, 6.45) is 0.968. The molecule has 5 heteroatoms. The third-order valence-electron chi connectivity index (χ3n) is 2.00. The first kappa shape index (κ1) is 11.0. The van der Waals surface area contributed by atoms with E-state index in [0.717, 1.165) is 12.3 Å². The van der Waals surface area contributed by atoms with Crippen molar-refractivity contribution in [2.75, 3.05) is 5.73 Å². The minimum Gasteiger partial charge on any atom is -0.399 e. The minimum atomic E-state index is -0.711. The molecule has 1 heterocycles. The van der Waals surface area contributed by atoms with Crippen LogP contribution in [0.2, 0.25) is 0 Å². The molecule has 0 aliphatic carbocycles. The van der Waals surface area contributed by atoms with Crippen molar-refractivity contribution in [1.29, 1.82) is 0 Å². The molecule has 2 rings (SSSR count). The average Bonchev–Trinajstić information content (AvgIpc) is 2.15. The highest BCUT2D eigenvalue weighted by molar-refractivity contribution is 9.10. The van der Waals surface area contributed by atoms with E-state index in [1.165, 1.54) is 0 Å². The van der Waals surface area contributed by atoms with E-state index in [9.17, 15) is 8.78 Å².